The summed E-state index contributed by atoms with van der Waals surface area (Å²) in [7, 11) is 0. The number of rotatable bonds is 3. The molecule has 1 aromatic rings. The van der Waals surface area contributed by atoms with Crippen LogP contribution < -0.4 is 0 Å². The Kier molecular flexibility index (Phi) is 3.50. The van der Waals surface area contributed by atoms with Gasteiger partial charge < -0.3 is 5.11 Å². The molecule has 0 saturated carbocycles. The number of carbonyl (C=O) groups is 1. The number of hydrogen-bond acceptors (Lipinski definition) is 3. The number of hydrogen-bond donors (Lipinski definition) is 1. The normalized spacial score (nSPS) is 10.4. The second-order valence-electron chi connectivity index (χ2n) is 4.15. The largest absolute Gasteiger partial charge is 0.478 e. The third-order valence-electron chi connectivity index (χ3n) is 3.32. The van der Waals surface area contributed by atoms with Gasteiger partial charge in [-0.15, -0.1) is 0 Å². The van der Waals surface area contributed by atoms with Gasteiger partial charge in [0.1, 0.15) is 0 Å². The van der Waals surface area contributed by atoms with Crippen molar-refractivity contribution in [2.45, 2.75) is 34.2 Å². The topological polar surface area (TPSA) is 80.4 Å². The number of nitrogens with zero attached hydrogens (tertiary/aromatic N) is 1. The Morgan fingerprint density at radius 1 is 1.12 bits per heavy atom. The molecule has 1 rings (SSSR count). The Labute approximate surface area is 99.2 Å². The van der Waals surface area contributed by atoms with Crippen LogP contribution in [-0.4, -0.2) is 16.0 Å². The second kappa shape index (κ2) is 4.53. The van der Waals surface area contributed by atoms with Crippen LogP contribution in [0.4, 0.5) is 0 Å². The molecule has 0 radical (unpaired) electrons. The molecule has 0 spiro atoms. The zero-order valence-electron chi connectivity index (χ0n) is 10.3. The summed E-state index contributed by atoms with van der Waals surface area (Å²) in [6.07, 6.45) is 0. The minimum Gasteiger partial charge on any atom is -0.478 e. The average molecular weight is 237 g/mol. The first-order chi connectivity index (χ1) is 7.77. The van der Waals surface area contributed by atoms with Crippen molar-refractivity contribution in [1.82, 2.24) is 0 Å². The fraction of sp³-hybridized carbons (Fsp3) is 0.417. The molecule has 0 bridgehead atoms. The maximum Gasteiger partial charge on any atom is 0.336 e. The van der Waals surface area contributed by atoms with E-state index < -0.39 is 17.4 Å². The van der Waals surface area contributed by atoms with Crippen molar-refractivity contribution in [3.63, 3.8) is 0 Å². The third kappa shape index (κ3) is 2.27. The van der Waals surface area contributed by atoms with Gasteiger partial charge in [0, 0.05) is 10.5 Å². The predicted molar refractivity (Wildman–Crippen MR) is 63.0 cm³/mol. The molecule has 0 heterocycles. The SMILES string of the molecule is Cc1c(C)c(C)c(C(=O)O)c(C[N+](=O)[O-])c1C. The summed E-state index contributed by atoms with van der Waals surface area (Å²) < 4.78 is 0. The summed E-state index contributed by atoms with van der Waals surface area (Å²) in [5.41, 5.74) is 3.49. The monoisotopic (exact) mass is 237 g/mol. The van der Waals surface area contributed by atoms with Crippen molar-refractivity contribution in [2.75, 3.05) is 0 Å². The first-order valence-corrected chi connectivity index (χ1v) is 5.21. The molecule has 0 fully saturated rings. The molecule has 17 heavy (non-hydrogen) atoms. The van der Waals surface area contributed by atoms with Crippen molar-refractivity contribution in [3.05, 3.63) is 43.5 Å². The van der Waals surface area contributed by atoms with E-state index in [0.29, 0.717) is 16.7 Å². The minimum atomic E-state index is -1.11. The summed E-state index contributed by atoms with van der Waals surface area (Å²) in [4.78, 5) is 21.3. The molecular weight excluding hydrogens is 222 g/mol. The molecule has 0 aliphatic carbocycles. The first-order valence-electron chi connectivity index (χ1n) is 5.21. The fourth-order valence-electron chi connectivity index (χ4n) is 2.01. The standard InChI is InChI=1S/C12H15NO4/c1-6-7(2)9(4)11(12(14)15)10(8(6)3)5-13(16)17/h5H2,1-4H3,(H,14,15). The van der Waals surface area contributed by atoms with Crippen LogP contribution in [-0.2, 0) is 6.54 Å². The van der Waals surface area contributed by atoms with Gasteiger partial charge in [0.25, 0.3) is 0 Å². The van der Waals surface area contributed by atoms with Gasteiger partial charge in [-0.1, -0.05) is 0 Å². The smallest absolute Gasteiger partial charge is 0.336 e. The molecule has 0 aromatic heterocycles. The lowest BCUT2D eigenvalue weighted by Gasteiger charge is -2.16. The number of carboxylic acids is 1. The summed E-state index contributed by atoms with van der Waals surface area (Å²) in [5.74, 6) is -1.11. The van der Waals surface area contributed by atoms with Crippen molar-refractivity contribution in [3.8, 4) is 0 Å². The van der Waals surface area contributed by atoms with Gasteiger partial charge in [-0.05, 0) is 49.9 Å². The molecule has 92 valence electrons. The zero-order chi connectivity index (χ0) is 13.3. The molecule has 0 aliphatic rings. The molecular formula is C12H15NO4. The Bertz CT molecular complexity index is 506. The number of benzene rings is 1. The van der Waals surface area contributed by atoms with Gasteiger partial charge >= 0.3 is 5.97 Å². The quantitative estimate of drug-likeness (QED) is 0.646. The van der Waals surface area contributed by atoms with Gasteiger partial charge in [-0.25, -0.2) is 4.79 Å². The molecule has 0 aliphatic heterocycles. The summed E-state index contributed by atoms with van der Waals surface area (Å²) >= 11 is 0. The van der Waals surface area contributed by atoms with Crippen LogP contribution >= 0.6 is 0 Å². The van der Waals surface area contributed by atoms with Crippen molar-refractivity contribution >= 4 is 5.97 Å². The molecule has 1 N–H and O–H groups in total. The van der Waals surface area contributed by atoms with Crippen LogP contribution in [0.25, 0.3) is 0 Å². The van der Waals surface area contributed by atoms with Gasteiger partial charge in [-0.3, -0.25) is 10.1 Å². The van der Waals surface area contributed by atoms with Gasteiger partial charge in [0.2, 0.25) is 6.54 Å². The molecule has 0 saturated heterocycles. The predicted octanol–water partition coefficient (Wildman–Crippen LogP) is 2.40. The van der Waals surface area contributed by atoms with Crippen molar-refractivity contribution in [1.29, 1.82) is 0 Å². The van der Waals surface area contributed by atoms with Gasteiger partial charge in [0.15, 0.2) is 0 Å². The Morgan fingerprint density at radius 3 is 2.00 bits per heavy atom. The molecule has 5 heteroatoms. The highest BCUT2D eigenvalue weighted by Crippen LogP contribution is 2.27. The van der Waals surface area contributed by atoms with Crippen LogP contribution in [0.1, 0.15) is 38.2 Å². The van der Waals surface area contributed by atoms with E-state index in [1.165, 1.54) is 0 Å². The zero-order valence-corrected chi connectivity index (χ0v) is 10.3. The highest BCUT2D eigenvalue weighted by molar-refractivity contribution is 5.92. The lowest BCUT2D eigenvalue weighted by molar-refractivity contribution is -0.497. The van der Waals surface area contributed by atoms with Crippen LogP contribution in [0.2, 0.25) is 0 Å². The molecule has 1 aromatic carbocycles. The molecule has 0 unspecified atom stereocenters. The van der Waals surface area contributed by atoms with E-state index in [0.717, 1.165) is 11.1 Å². The number of nitro groups is 1. The average Bonchev–Trinajstić information content (AvgIpc) is 2.22. The van der Waals surface area contributed by atoms with Gasteiger partial charge in [-0.2, -0.15) is 0 Å². The molecule has 5 nitrogen and oxygen atoms in total. The maximum absolute atomic E-state index is 11.2. The maximum atomic E-state index is 11.2. The summed E-state index contributed by atoms with van der Waals surface area (Å²) in [6, 6.07) is 0. The van der Waals surface area contributed by atoms with E-state index in [1.807, 2.05) is 13.8 Å². The highest BCUT2D eigenvalue weighted by Gasteiger charge is 2.22. The second-order valence-corrected chi connectivity index (χ2v) is 4.15. The highest BCUT2D eigenvalue weighted by atomic mass is 16.6. The van der Waals surface area contributed by atoms with E-state index in [1.54, 1.807) is 13.8 Å². The lowest BCUT2D eigenvalue weighted by Crippen LogP contribution is -2.14. The van der Waals surface area contributed by atoms with E-state index in [4.69, 9.17) is 0 Å². The third-order valence-corrected chi connectivity index (χ3v) is 3.32. The summed E-state index contributed by atoms with van der Waals surface area (Å²) in [5, 5.41) is 19.8. The van der Waals surface area contributed by atoms with Crippen LogP contribution in [0.5, 0.6) is 0 Å². The Morgan fingerprint density at radius 2 is 1.59 bits per heavy atom. The lowest BCUT2D eigenvalue weighted by atomic mass is 9.89. The fourth-order valence-corrected chi connectivity index (χ4v) is 2.01. The number of aromatic carboxylic acids is 1. The van der Waals surface area contributed by atoms with Crippen molar-refractivity contribution in [2.24, 2.45) is 0 Å². The summed E-state index contributed by atoms with van der Waals surface area (Å²) in [6.45, 7) is 6.66. The van der Waals surface area contributed by atoms with E-state index in [9.17, 15) is 20.0 Å². The molecule has 0 atom stereocenters. The Balaban J connectivity index is 3.65. The van der Waals surface area contributed by atoms with E-state index >= 15 is 0 Å². The van der Waals surface area contributed by atoms with Crippen LogP contribution in [0, 0.1) is 37.8 Å². The van der Waals surface area contributed by atoms with Crippen molar-refractivity contribution < 1.29 is 14.8 Å². The Hall–Kier alpha value is -1.91. The minimum absolute atomic E-state index is 0.0716. The first kappa shape index (κ1) is 13.2. The van der Waals surface area contributed by atoms with E-state index in [2.05, 4.69) is 0 Å². The van der Waals surface area contributed by atoms with Crippen LogP contribution in [0.3, 0.4) is 0 Å². The molecule has 0 amide bonds. The van der Waals surface area contributed by atoms with Crippen LogP contribution in [0.15, 0.2) is 0 Å². The van der Waals surface area contributed by atoms with E-state index in [-0.39, 0.29) is 5.56 Å². The number of carboxylic acid groups (broad SMARTS) is 1. The van der Waals surface area contributed by atoms with Gasteiger partial charge in [0.05, 0.1) is 5.56 Å².